The molecule has 0 unspecified atom stereocenters. The van der Waals surface area contributed by atoms with E-state index in [9.17, 15) is 18.0 Å². The predicted molar refractivity (Wildman–Crippen MR) is 47.5 cm³/mol. The summed E-state index contributed by atoms with van der Waals surface area (Å²) in [6, 6.07) is 4.06. The Labute approximate surface area is 88.7 Å². The third kappa shape index (κ3) is 2.73. The molecule has 6 heteroatoms. The Bertz CT molecular complexity index is 460. The molecule has 0 atom stereocenters. The largest absolute Gasteiger partial charge is 0.481 e. The van der Waals surface area contributed by atoms with Gasteiger partial charge in [-0.2, -0.15) is 18.4 Å². The number of hydrogen-bond donors (Lipinski definition) is 1. The number of aliphatic carboxylic acids is 1. The summed E-state index contributed by atoms with van der Waals surface area (Å²) in [5.74, 6) is -1.28. The number of benzene rings is 1. The molecule has 0 aromatic heterocycles. The quantitative estimate of drug-likeness (QED) is 0.845. The average Bonchev–Trinajstić information content (AvgIpc) is 2.15. The van der Waals surface area contributed by atoms with Crippen LogP contribution in [0.1, 0.15) is 16.7 Å². The van der Waals surface area contributed by atoms with Gasteiger partial charge in [0.15, 0.2) is 0 Å². The van der Waals surface area contributed by atoms with Crippen molar-refractivity contribution in [2.75, 3.05) is 0 Å². The summed E-state index contributed by atoms with van der Waals surface area (Å²) in [5.41, 5.74) is -1.15. The van der Waals surface area contributed by atoms with Crippen LogP contribution in [0.4, 0.5) is 13.2 Å². The Morgan fingerprint density at radius 2 is 2.06 bits per heavy atom. The van der Waals surface area contributed by atoms with Crippen LogP contribution < -0.4 is 0 Å². The Morgan fingerprint density at radius 1 is 1.44 bits per heavy atom. The van der Waals surface area contributed by atoms with Crippen LogP contribution in [0.5, 0.6) is 0 Å². The standard InChI is InChI=1S/C10H6F3NO2/c11-10(12,13)8-2-1-6(5-14)7(3-8)4-9(15)16/h1-3H,4H2,(H,15,16). The van der Waals surface area contributed by atoms with Crippen molar-refractivity contribution in [1.82, 2.24) is 0 Å². The maximum atomic E-state index is 12.3. The molecule has 0 spiro atoms. The lowest BCUT2D eigenvalue weighted by atomic mass is 10.0. The molecule has 0 aliphatic heterocycles. The van der Waals surface area contributed by atoms with Gasteiger partial charge in [-0.25, -0.2) is 0 Å². The molecule has 0 saturated heterocycles. The van der Waals surface area contributed by atoms with Crippen LogP contribution in [0.15, 0.2) is 18.2 Å². The van der Waals surface area contributed by atoms with Crippen molar-refractivity contribution in [2.24, 2.45) is 0 Å². The number of carboxylic acid groups (broad SMARTS) is 1. The van der Waals surface area contributed by atoms with Crippen LogP contribution in [-0.2, 0) is 17.4 Å². The summed E-state index contributed by atoms with van der Waals surface area (Å²) in [4.78, 5) is 10.4. The van der Waals surface area contributed by atoms with Gasteiger partial charge in [-0.15, -0.1) is 0 Å². The Balaban J connectivity index is 3.23. The van der Waals surface area contributed by atoms with E-state index in [1.54, 1.807) is 6.07 Å². The molecular formula is C10H6F3NO2. The highest BCUT2D eigenvalue weighted by molar-refractivity contribution is 5.71. The van der Waals surface area contributed by atoms with Gasteiger partial charge < -0.3 is 5.11 Å². The van der Waals surface area contributed by atoms with Crippen LogP contribution in [0.3, 0.4) is 0 Å². The minimum Gasteiger partial charge on any atom is -0.481 e. The molecule has 0 fully saturated rings. The van der Waals surface area contributed by atoms with Crippen molar-refractivity contribution in [2.45, 2.75) is 12.6 Å². The molecule has 0 aliphatic carbocycles. The highest BCUT2D eigenvalue weighted by atomic mass is 19.4. The first-order valence-corrected chi connectivity index (χ1v) is 4.16. The van der Waals surface area contributed by atoms with Crippen molar-refractivity contribution in [3.63, 3.8) is 0 Å². The monoisotopic (exact) mass is 229 g/mol. The molecule has 84 valence electrons. The van der Waals surface area contributed by atoms with E-state index in [1.165, 1.54) is 0 Å². The fraction of sp³-hybridized carbons (Fsp3) is 0.200. The number of halogens is 3. The Hall–Kier alpha value is -2.03. The predicted octanol–water partition coefficient (Wildman–Crippen LogP) is 2.20. The molecule has 0 aliphatic rings. The van der Waals surface area contributed by atoms with Gasteiger partial charge in [0, 0.05) is 0 Å². The fourth-order valence-electron chi connectivity index (χ4n) is 1.19. The van der Waals surface area contributed by atoms with E-state index in [0.29, 0.717) is 6.07 Å². The van der Waals surface area contributed by atoms with Gasteiger partial charge in [0.1, 0.15) is 0 Å². The molecule has 1 N–H and O–H groups in total. The summed E-state index contributed by atoms with van der Waals surface area (Å²) in [5, 5.41) is 17.1. The van der Waals surface area contributed by atoms with E-state index >= 15 is 0 Å². The van der Waals surface area contributed by atoms with E-state index in [2.05, 4.69) is 0 Å². The molecule has 0 bridgehead atoms. The Kier molecular flexibility index (Phi) is 3.18. The van der Waals surface area contributed by atoms with Crippen molar-refractivity contribution in [3.8, 4) is 6.07 Å². The van der Waals surface area contributed by atoms with Gasteiger partial charge in [0.25, 0.3) is 0 Å². The highest BCUT2D eigenvalue weighted by Gasteiger charge is 2.31. The lowest BCUT2D eigenvalue weighted by molar-refractivity contribution is -0.138. The van der Waals surface area contributed by atoms with Gasteiger partial charge >= 0.3 is 12.1 Å². The summed E-state index contributed by atoms with van der Waals surface area (Å²) in [6.45, 7) is 0. The first kappa shape index (κ1) is 12.0. The zero-order valence-corrected chi connectivity index (χ0v) is 7.88. The fourth-order valence-corrected chi connectivity index (χ4v) is 1.19. The van der Waals surface area contributed by atoms with Gasteiger partial charge in [-0.05, 0) is 23.8 Å². The zero-order chi connectivity index (χ0) is 12.3. The number of hydrogen-bond acceptors (Lipinski definition) is 2. The number of carbonyl (C=O) groups is 1. The molecular weight excluding hydrogens is 223 g/mol. The summed E-state index contributed by atoms with van der Waals surface area (Å²) in [6.07, 6.45) is -5.14. The Morgan fingerprint density at radius 3 is 2.50 bits per heavy atom. The smallest absolute Gasteiger partial charge is 0.416 e. The van der Waals surface area contributed by atoms with Crippen LogP contribution in [0.25, 0.3) is 0 Å². The van der Waals surface area contributed by atoms with Crippen molar-refractivity contribution in [1.29, 1.82) is 5.26 Å². The second-order valence-corrected chi connectivity index (χ2v) is 3.05. The summed E-state index contributed by atoms with van der Waals surface area (Å²) >= 11 is 0. The van der Waals surface area contributed by atoms with Gasteiger partial charge in [0.05, 0.1) is 23.6 Å². The normalized spacial score (nSPS) is 10.9. The third-order valence-corrected chi connectivity index (χ3v) is 1.89. The van der Waals surface area contributed by atoms with E-state index in [0.717, 1.165) is 12.1 Å². The van der Waals surface area contributed by atoms with Crippen LogP contribution in [0, 0.1) is 11.3 Å². The first-order valence-electron chi connectivity index (χ1n) is 4.16. The van der Waals surface area contributed by atoms with E-state index in [1.807, 2.05) is 0 Å². The van der Waals surface area contributed by atoms with Crippen LogP contribution in [0.2, 0.25) is 0 Å². The van der Waals surface area contributed by atoms with Crippen molar-refractivity contribution >= 4 is 5.97 Å². The second-order valence-electron chi connectivity index (χ2n) is 3.05. The SMILES string of the molecule is N#Cc1ccc(C(F)(F)F)cc1CC(=O)O. The highest BCUT2D eigenvalue weighted by Crippen LogP contribution is 2.30. The van der Waals surface area contributed by atoms with Crippen molar-refractivity contribution < 1.29 is 23.1 Å². The average molecular weight is 229 g/mol. The van der Waals surface area contributed by atoms with Crippen LogP contribution >= 0.6 is 0 Å². The van der Waals surface area contributed by atoms with Gasteiger partial charge in [-0.1, -0.05) is 0 Å². The number of carboxylic acids is 1. The van der Waals surface area contributed by atoms with E-state index in [-0.39, 0.29) is 11.1 Å². The lowest BCUT2D eigenvalue weighted by Crippen LogP contribution is -2.08. The molecule has 16 heavy (non-hydrogen) atoms. The van der Waals surface area contributed by atoms with Crippen LogP contribution in [-0.4, -0.2) is 11.1 Å². The number of nitrogens with zero attached hydrogens (tertiary/aromatic N) is 1. The molecule has 1 aromatic carbocycles. The molecule has 3 nitrogen and oxygen atoms in total. The number of nitriles is 1. The molecule has 1 aromatic rings. The minimum absolute atomic E-state index is 0.0598. The second kappa shape index (κ2) is 4.23. The summed E-state index contributed by atoms with van der Waals surface area (Å²) in [7, 11) is 0. The maximum Gasteiger partial charge on any atom is 0.416 e. The van der Waals surface area contributed by atoms with Crippen molar-refractivity contribution in [3.05, 3.63) is 34.9 Å². The number of alkyl halides is 3. The molecule has 0 heterocycles. The molecule has 0 amide bonds. The molecule has 1 rings (SSSR count). The van der Waals surface area contributed by atoms with Gasteiger partial charge in [-0.3, -0.25) is 4.79 Å². The maximum absolute atomic E-state index is 12.3. The zero-order valence-electron chi connectivity index (χ0n) is 7.88. The van der Waals surface area contributed by atoms with E-state index < -0.39 is 24.1 Å². The number of rotatable bonds is 2. The third-order valence-electron chi connectivity index (χ3n) is 1.89. The summed E-state index contributed by atoms with van der Waals surface area (Å²) < 4.78 is 36.9. The topological polar surface area (TPSA) is 61.1 Å². The first-order chi connectivity index (χ1) is 7.34. The van der Waals surface area contributed by atoms with E-state index in [4.69, 9.17) is 10.4 Å². The lowest BCUT2D eigenvalue weighted by Gasteiger charge is -2.08. The molecule has 0 saturated carbocycles. The molecule has 0 radical (unpaired) electrons. The minimum atomic E-state index is -4.54. The van der Waals surface area contributed by atoms with Gasteiger partial charge in [0.2, 0.25) is 0 Å².